The number of nitrogens with zero attached hydrogens (tertiary/aromatic N) is 3. The van der Waals surface area contributed by atoms with Crippen molar-refractivity contribution in [2.45, 2.75) is 38.4 Å². The lowest BCUT2D eigenvalue weighted by molar-refractivity contribution is -0.145. The van der Waals surface area contributed by atoms with Crippen molar-refractivity contribution in [1.29, 1.82) is 0 Å². The average Bonchev–Trinajstić information content (AvgIpc) is 2.83. The van der Waals surface area contributed by atoms with Gasteiger partial charge >= 0.3 is 6.18 Å². The van der Waals surface area contributed by atoms with Crippen LogP contribution < -0.4 is 5.32 Å². The zero-order chi connectivity index (χ0) is 12.3. The van der Waals surface area contributed by atoms with Gasteiger partial charge in [0, 0.05) is 6.54 Å². The van der Waals surface area contributed by atoms with Crippen LogP contribution in [0.1, 0.15) is 38.1 Å². The minimum Gasteiger partial charge on any atom is -0.354 e. The molecule has 1 aliphatic carbocycles. The Morgan fingerprint density at radius 3 is 2.71 bits per heavy atom. The lowest BCUT2D eigenvalue weighted by atomic mass is 9.95. The molecule has 3 rings (SSSR count). The molecule has 1 unspecified atom stereocenters. The lowest BCUT2D eigenvalue weighted by Crippen LogP contribution is -2.29. The second kappa shape index (κ2) is 3.14. The van der Waals surface area contributed by atoms with Gasteiger partial charge in [0.15, 0.2) is 0 Å². The zero-order valence-electron chi connectivity index (χ0n) is 9.38. The van der Waals surface area contributed by atoms with Crippen LogP contribution in [0, 0.1) is 5.41 Å². The number of hydrogen-bond donors (Lipinski definition) is 1. The highest BCUT2D eigenvalue weighted by Gasteiger charge is 2.49. The smallest absolute Gasteiger partial charge is 0.354 e. The molecule has 1 atom stereocenters. The van der Waals surface area contributed by atoms with E-state index in [0.717, 1.165) is 19.3 Å². The van der Waals surface area contributed by atoms with E-state index in [2.05, 4.69) is 22.3 Å². The van der Waals surface area contributed by atoms with E-state index in [1.807, 2.05) is 0 Å². The fourth-order valence-electron chi connectivity index (χ4n) is 2.40. The average molecular weight is 246 g/mol. The molecule has 1 fully saturated rings. The van der Waals surface area contributed by atoms with Crippen LogP contribution in [0.3, 0.4) is 0 Å². The molecule has 0 radical (unpaired) electrons. The Bertz CT molecular complexity index is 447. The molecule has 1 saturated carbocycles. The van der Waals surface area contributed by atoms with Gasteiger partial charge in [-0.3, -0.25) is 0 Å². The summed E-state index contributed by atoms with van der Waals surface area (Å²) in [6, 6.07) is 0.0438. The topological polar surface area (TPSA) is 42.7 Å². The van der Waals surface area contributed by atoms with Gasteiger partial charge in [-0.25, -0.2) is 4.68 Å². The van der Waals surface area contributed by atoms with Crippen molar-refractivity contribution in [1.82, 2.24) is 14.8 Å². The van der Waals surface area contributed by atoms with Gasteiger partial charge in [0.1, 0.15) is 0 Å². The molecule has 0 saturated heterocycles. The minimum atomic E-state index is -4.47. The molecule has 0 bridgehead atoms. The van der Waals surface area contributed by atoms with Crippen molar-refractivity contribution >= 4 is 5.95 Å². The molecular weight excluding hydrogens is 233 g/mol. The Labute approximate surface area is 96.2 Å². The molecule has 1 aromatic heterocycles. The van der Waals surface area contributed by atoms with E-state index in [4.69, 9.17) is 0 Å². The maximum absolute atomic E-state index is 12.5. The van der Waals surface area contributed by atoms with Crippen LogP contribution in [0.4, 0.5) is 19.1 Å². The van der Waals surface area contributed by atoms with Gasteiger partial charge in [0.2, 0.25) is 5.95 Å². The Balaban J connectivity index is 2.00. The quantitative estimate of drug-likeness (QED) is 0.827. The Hall–Kier alpha value is -1.27. The predicted octanol–water partition coefficient (Wildman–Crippen LogP) is 2.45. The molecule has 2 aliphatic rings. The van der Waals surface area contributed by atoms with Crippen molar-refractivity contribution in [3.05, 3.63) is 5.82 Å². The summed E-state index contributed by atoms with van der Waals surface area (Å²) >= 11 is 0. The third-order valence-electron chi connectivity index (χ3n) is 3.72. The van der Waals surface area contributed by atoms with E-state index in [1.54, 1.807) is 0 Å². The van der Waals surface area contributed by atoms with Crippen LogP contribution in [0.2, 0.25) is 0 Å². The summed E-state index contributed by atoms with van der Waals surface area (Å²) in [6.45, 7) is 2.76. The first-order chi connectivity index (χ1) is 7.90. The molecule has 1 N–H and O–H groups in total. The maximum Gasteiger partial charge on any atom is 0.453 e. The van der Waals surface area contributed by atoms with Gasteiger partial charge in [-0.1, -0.05) is 6.92 Å². The highest BCUT2D eigenvalue weighted by molar-refractivity contribution is 5.30. The summed E-state index contributed by atoms with van der Waals surface area (Å²) in [5.41, 5.74) is 0.105. The molecule has 17 heavy (non-hydrogen) atoms. The van der Waals surface area contributed by atoms with E-state index in [9.17, 15) is 13.2 Å². The number of nitrogens with one attached hydrogen (secondary N) is 1. The summed E-state index contributed by atoms with van der Waals surface area (Å²) in [5, 5.41) is 6.50. The van der Waals surface area contributed by atoms with Crippen molar-refractivity contribution in [3.8, 4) is 0 Å². The molecular formula is C10H13F3N4. The minimum absolute atomic E-state index is 0.0438. The molecule has 1 aromatic rings. The van der Waals surface area contributed by atoms with Crippen LogP contribution >= 0.6 is 0 Å². The number of fused-ring (bicyclic) bond motifs is 1. The number of aromatic nitrogens is 3. The van der Waals surface area contributed by atoms with Crippen LogP contribution in [0.5, 0.6) is 0 Å². The van der Waals surface area contributed by atoms with Gasteiger partial charge in [-0.05, 0) is 24.7 Å². The van der Waals surface area contributed by atoms with E-state index in [-0.39, 0.29) is 17.4 Å². The third kappa shape index (κ3) is 1.68. The molecule has 4 nitrogen and oxygen atoms in total. The molecule has 1 aliphatic heterocycles. The standard InChI is InChI=1S/C10H13F3N4/c1-9(3-4-9)6-2-5-14-8-15-7(10(11,12)13)16-17(6)8/h6H,2-5H2,1H3,(H,14,15,16). The molecule has 0 aromatic carbocycles. The van der Waals surface area contributed by atoms with E-state index in [1.165, 1.54) is 4.68 Å². The number of hydrogen-bond acceptors (Lipinski definition) is 3. The van der Waals surface area contributed by atoms with Crippen molar-refractivity contribution in [2.75, 3.05) is 11.9 Å². The van der Waals surface area contributed by atoms with Gasteiger partial charge in [0.05, 0.1) is 6.04 Å². The van der Waals surface area contributed by atoms with Crippen LogP contribution in [-0.2, 0) is 6.18 Å². The van der Waals surface area contributed by atoms with Crippen LogP contribution in [0.15, 0.2) is 0 Å². The summed E-state index contributed by atoms with van der Waals surface area (Å²) in [6.07, 6.45) is -1.55. The normalized spacial score (nSPS) is 26.2. The number of halogens is 3. The van der Waals surface area contributed by atoms with E-state index < -0.39 is 12.0 Å². The fraction of sp³-hybridized carbons (Fsp3) is 0.800. The van der Waals surface area contributed by atoms with E-state index in [0.29, 0.717) is 6.54 Å². The second-order valence-electron chi connectivity index (χ2n) is 5.09. The first kappa shape index (κ1) is 10.9. The Morgan fingerprint density at radius 1 is 1.41 bits per heavy atom. The second-order valence-corrected chi connectivity index (χ2v) is 5.09. The highest BCUT2D eigenvalue weighted by atomic mass is 19.4. The first-order valence-electron chi connectivity index (χ1n) is 5.68. The van der Waals surface area contributed by atoms with Gasteiger partial charge < -0.3 is 5.32 Å². The number of anilines is 1. The van der Waals surface area contributed by atoms with Crippen LogP contribution in [-0.4, -0.2) is 21.3 Å². The molecule has 0 amide bonds. The number of rotatable bonds is 1. The lowest BCUT2D eigenvalue weighted by Gasteiger charge is -2.29. The molecule has 94 valence electrons. The highest BCUT2D eigenvalue weighted by Crippen LogP contribution is 2.56. The monoisotopic (exact) mass is 246 g/mol. The van der Waals surface area contributed by atoms with Gasteiger partial charge in [-0.15, -0.1) is 5.10 Å². The van der Waals surface area contributed by atoms with Crippen molar-refractivity contribution < 1.29 is 13.2 Å². The predicted molar refractivity (Wildman–Crippen MR) is 54.5 cm³/mol. The SMILES string of the molecule is CC1(C2CCNc3nc(C(F)(F)F)nn32)CC1. The Kier molecular flexibility index (Phi) is 2.01. The summed E-state index contributed by atoms with van der Waals surface area (Å²) in [5.74, 6) is -0.794. The first-order valence-corrected chi connectivity index (χ1v) is 5.68. The third-order valence-corrected chi connectivity index (χ3v) is 3.72. The molecule has 7 heteroatoms. The fourth-order valence-corrected chi connectivity index (χ4v) is 2.40. The van der Waals surface area contributed by atoms with Gasteiger partial charge in [-0.2, -0.15) is 18.2 Å². The zero-order valence-corrected chi connectivity index (χ0v) is 9.38. The summed E-state index contributed by atoms with van der Waals surface area (Å²) in [7, 11) is 0. The Morgan fingerprint density at radius 2 is 2.12 bits per heavy atom. The molecule has 2 heterocycles. The summed E-state index contributed by atoms with van der Waals surface area (Å²) < 4.78 is 39.1. The van der Waals surface area contributed by atoms with Gasteiger partial charge in [0.25, 0.3) is 5.82 Å². The van der Waals surface area contributed by atoms with Crippen molar-refractivity contribution in [2.24, 2.45) is 5.41 Å². The summed E-state index contributed by atoms with van der Waals surface area (Å²) in [4.78, 5) is 3.53. The number of alkyl halides is 3. The maximum atomic E-state index is 12.5. The largest absolute Gasteiger partial charge is 0.453 e. The molecule has 0 spiro atoms. The van der Waals surface area contributed by atoms with E-state index >= 15 is 0 Å². The van der Waals surface area contributed by atoms with Crippen molar-refractivity contribution in [3.63, 3.8) is 0 Å². The van der Waals surface area contributed by atoms with Crippen LogP contribution in [0.25, 0.3) is 0 Å².